The normalized spacial score (nSPS) is 17.8. The number of carboxylic acids is 1. The molecule has 1 saturated carbocycles. The van der Waals surface area contributed by atoms with Gasteiger partial charge in [-0.15, -0.1) is 0 Å². The van der Waals surface area contributed by atoms with E-state index in [1.165, 1.54) is 12.0 Å². The summed E-state index contributed by atoms with van der Waals surface area (Å²) in [6.07, 6.45) is 3.30. The van der Waals surface area contributed by atoms with Crippen molar-refractivity contribution >= 4 is 5.97 Å². The highest BCUT2D eigenvalue weighted by molar-refractivity contribution is 5.76. The molecule has 0 amide bonds. The molecule has 92 valence electrons. The predicted molar refractivity (Wildman–Crippen MR) is 68.2 cm³/mol. The molecule has 0 saturated heterocycles. The molecule has 2 nitrogen and oxygen atoms in total. The van der Waals surface area contributed by atoms with Crippen LogP contribution in [0.2, 0.25) is 0 Å². The van der Waals surface area contributed by atoms with Crippen LogP contribution in [0.3, 0.4) is 0 Å². The quantitative estimate of drug-likeness (QED) is 0.857. The number of aliphatic carboxylic acids is 1. The Labute approximate surface area is 103 Å². The zero-order valence-corrected chi connectivity index (χ0v) is 10.5. The van der Waals surface area contributed by atoms with Crippen LogP contribution >= 0.6 is 0 Å². The van der Waals surface area contributed by atoms with Crippen molar-refractivity contribution in [2.24, 2.45) is 5.92 Å². The molecule has 17 heavy (non-hydrogen) atoms. The topological polar surface area (TPSA) is 37.3 Å². The highest BCUT2D eigenvalue weighted by Crippen LogP contribution is 2.39. The summed E-state index contributed by atoms with van der Waals surface area (Å²) in [6.45, 7) is 4.30. The van der Waals surface area contributed by atoms with Crippen molar-refractivity contribution in [3.63, 3.8) is 0 Å². The number of hydrogen-bond donors (Lipinski definition) is 1. The number of benzene rings is 1. The molecule has 2 rings (SSSR count). The van der Waals surface area contributed by atoms with E-state index in [2.05, 4.69) is 26.0 Å². The Morgan fingerprint density at radius 1 is 1.18 bits per heavy atom. The Bertz CT molecular complexity index is 388. The molecular formula is C15H20O2. The molecule has 0 aliphatic heterocycles. The van der Waals surface area contributed by atoms with Gasteiger partial charge in [0.15, 0.2) is 0 Å². The lowest BCUT2D eigenvalue weighted by Crippen LogP contribution is -2.26. The van der Waals surface area contributed by atoms with Crippen molar-refractivity contribution in [1.82, 2.24) is 0 Å². The third kappa shape index (κ3) is 2.51. The zero-order chi connectivity index (χ0) is 12.4. The molecule has 1 aromatic rings. The van der Waals surface area contributed by atoms with Crippen LogP contribution in [-0.4, -0.2) is 11.1 Å². The molecular weight excluding hydrogens is 212 g/mol. The lowest BCUT2D eigenvalue weighted by molar-refractivity contribution is -0.141. The largest absolute Gasteiger partial charge is 0.481 e. The van der Waals surface area contributed by atoms with Crippen LogP contribution in [-0.2, 0) is 4.79 Å². The molecule has 1 aliphatic rings. The van der Waals surface area contributed by atoms with Crippen LogP contribution in [0.4, 0.5) is 0 Å². The van der Waals surface area contributed by atoms with Crippen LogP contribution in [0.15, 0.2) is 24.3 Å². The first-order valence-electron chi connectivity index (χ1n) is 6.42. The summed E-state index contributed by atoms with van der Waals surface area (Å²) in [7, 11) is 0. The Morgan fingerprint density at radius 2 is 1.71 bits per heavy atom. The number of carboxylic acid groups (broad SMARTS) is 1. The first-order chi connectivity index (χ1) is 8.09. The molecule has 1 aliphatic carbocycles. The molecule has 1 fully saturated rings. The standard InChI is InChI=1S/C15H20O2/c1-10(2)11-6-8-13(9-7-11)14(15(16)17)12-4-3-5-12/h6-10,12,14H,3-5H2,1-2H3,(H,16,17). The Kier molecular flexibility index (Phi) is 3.51. The summed E-state index contributed by atoms with van der Waals surface area (Å²) < 4.78 is 0. The number of carbonyl (C=O) groups is 1. The third-order valence-corrected chi connectivity index (χ3v) is 3.85. The number of hydrogen-bond acceptors (Lipinski definition) is 1. The van der Waals surface area contributed by atoms with Gasteiger partial charge in [-0.25, -0.2) is 0 Å². The van der Waals surface area contributed by atoms with Gasteiger partial charge in [-0.3, -0.25) is 4.79 Å². The summed E-state index contributed by atoms with van der Waals surface area (Å²) in [5.74, 6) is -0.134. The summed E-state index contributed by atoms with van der Waals surface area (Å²) in [5.41, 5.74) is 2.23. The van der Waals surface area contributed by atoms with Gasteiger partial charge in [-0.2, -0.15) is 0 Å². The van der Waals surface area contributed by atoms with Crippen molar-refractivity contribution in [3.8, 4) is 0 Å². The minimum atomic E-state index is -0.674. The molecule has 1 N–H and O–H groups in total. The molecule has 1 unspecified atom stereocenters. The molecule has 0 radical (unpaired) electrons. The maximum absolute atomic E-state index is 11.4. The van der Waals surface area contributed by atoms with E-state index in [1.807, 2.05) is 12.1 Å². The maximum Gasteiger partial charge on any atom is 0.311 e. The minimum absolute atomic E-state index is 0.301. The smallest absolute Gasteiger partial charge is 0.311 e. The van der Waals surface area contributed by atoms with Gasteiger partial charge in [0, 0.05) is 0 Å². The van der Waals surface area contributed by atoms with Gasteiger partial charge in [-0.05, 0) is 35.8 Å². The van der Waals surface area contributed by atoms with Crippen molar-refractivity contribution in [2.45, 2.75) is 44.9 Å². The maximum atomic E-state index is 11.4. The van der Waals surface area contributed by atoms with Crippen LogP contribution in [0.1, 0.15) is 56.1 Å². The second kappa shape index (κ2) is 4.91. The molecule has 1 aromatic carbocycles. The van der Waals surface area contributed by atoms with E-state index in [-0.39, 0.29) is 5.92 Å². The summed E-state index contributed by atoms with van der Waals surface area (Å²) >= 11 is 0. The minimum Gasteiger partial charge on any atom is -0.481 e. The number of rotatable bonds is 4. The average molecular weight is 232 g/mol. The van der Waals surface area contributed by atoms with Crippen molar-refractivity contribution in [2.75, 3.05) is 0 Å². The van der Waals surface area contributed by atoms with E-state index in [4.69, 9.17) is 0 Å². The SMILES string of the molecule is CC(C)c1ccc(C(C(=O)O)C2CCC2)cc1. The molecule has 0 heterocycles. The second-order valence-electron chi connectivity index (χ2n) is 5.33. The van der Waals surface area contributed by atoms with E-state index in [0.29, 0.717) is 11.8 Å². The predicted octanol–water partition coefficient (Wildman–Crippen LogP) is 3.78. The van der Waals surface area contributed by atoms with Crippen molar-refractivity contribution in [1.29, 1.82) is 0 Å². The van der Waals surface area contributed by atoms with Crippen LogP contribution in [0, 0.1) is 5.92 Å². The Hall–Kier alpha value is -1.31. The summed E-state index contributed by atoms with van der Waals surface area (Å²) in [5, 5.41) is 9.34. The second-order valence-corrected chi connectivity index (χ2v) is 5.33. The van der Waals surface area contributed by atoms with E-state index < -0.39 is 5.97 Å². The highest BCUT2D eigenvalue weighted by Gasteiger charge is 2.33. The van der Waals surface area contributed by atoms with Crippen molar-refractivity contribution in [3.05, 3.63) is 35.4 Å². The summed E-state index contributed by atoms with van der Waals surface area (Å²) in [4.78, 5) is 11.4. The zero-order valence-electron chi connectivity index (χ0n) is 10.5. The van der Waals surface area contributed by atoms with Gasteiger partial charge in [0.05, 0.1) is 5.92 Å². The van der Waals surface area contributed by atoms with E-state index in [1.54, 1.807) is 0 Å². The van der Waals surface area contributed by atoms with Crippen LogP contribution in [0.25, 0.3) is 0 Å². The average Bonchev–Trinajstić information content (AvgIpc) is 2.23. The monoisotopic (exact) mass is 232 g/mol. The summed E-state index contributed by atoms with van der Waals surface area (Å²) in [6, 6.07) is 8.11. The fourth-order valence-electron chi connectivity index (χ4n) is 2.48. The van der Waals surface area contributed by atoms with Gasteiger partial charge < -0.3 is 5.11 Å². The van der Waals surface area contributed by atoms with E-state index in [9.17, 15) is 9.90 Å². The van der Waals surface area contributed by atoms with Crippen LogP contribution < -0.4 is 0 Å². The molecule has 0 spiro atoms. The lowest BCUT2D eigenvalue weighted by Gasteiger charge is -2.31. The molecule has 1 atom stereocenters. The highest BCUT2D eigenvalue weighted by atomic mass is 16.4. The van der Waals surface area contributed by atoms with E-state index in [0.717, 1.165) is 18.4 Å². The van der Waals surface area contributed by atoms with Gasteiger partial charge in [0.2, 0.25) is 0 Å². The van der Waals surface area contributed by atoms with Gasteiger partial charge in [-0.1, -0.05) is 44.5 Å². The molecule has 2 heteroatoms. The first-order valence-corrected chi connectivity index (χ1v) is 6.42. The Morgan fingerprint density at radius 3 is 2.06 bits per heavy atom. The van der Waals surface area contributed by atoms with Crippen molar-refractivity contribution < 1.29 is 9.90 Å². The Balaban J connectivity index is 2.21. The molecule has 0 aromatic heterocycles. The molecule has 0 bridgehead atoms. The van der Waals surface area contributed by atoms with E-state index >= 15 is 0 Å². The fraction of sp³-hybridized carbons (Fsp3) is 0.533. The third-order valence-electron chi connectivity index (χ3n) is 3.85. The lowest BCUT2D eigenvalue weighted by atomic mass is 9.73. The van der Waals surface area contributed by atoms with Gasteiger partial charge >= 0.3 is 5.97 Å². The first kappa shape index (κ1) is 12.2. The fourth-order valence-corrected chi connectivity index (χ4v) is 2.48. The van der Waals surface area contributed by atoms with Gasteiger partial charge in [0.25, 0.3) is 0 Å². The van der Waals surface area contributed by atoms with Gasteiger partial charge in [0.1, 0.15) is 0 Å². The van der Waals surface area contributed by atoms with Crippen LogP contribution in [0.5, 0.6) is 0 Å².